The van der Waals surface area contributed by atoms with Crippen LogP contribution in [0.4, 0.5) is 0 Å². The van der Waals surface area contributed by atoms with E-state index in [0.29, 0.717) is 0 Å². The first-order valence-electron chi connectivity index (χ1n) is 13.6. The van der Waals surface area contributed by atoms with E-state index in [1.807, 2.05) is 23.1 Å². The van der Waals surface area contributed by atoms with Crippen LogP contribution in [0.15, 0.2) is 119 Å². The van der Waals surface area contributed by atoms with E-state index in [9.17, 15) is 0 Å². The summed E-state index contributed by atoms with van der Waals surface area (Å²) in [6.07, 6.45) is 4.56. The lowest BCUT2D eigenvalue weighted by Crippen LogP contribution is -2.54. The van der Waals surface area contributed by atoms with Gasteiger partial charge in [-0.25, -0.2) is 4.68 Å². The van der Waals surface area contributed by atoms with Crippen molar-refractivity contribution in [3.05, 3.63) is 109 Å². The molecule has 0 N–H and O–H groups in total. The van der Waals surface area contributed by atoms with Gasteiger partial charge in [0.15, 0.2) is 0 Å². The highest BCUT2D eigenvalue weighted by molar-refractivity contribution is 8.00. The normalized spacial score (nSPS) is 13.8. The molecule has 40 heavy (non-hydrogen) atoms. The molecule has 3 nitrogen and oxygen atoms in total. The van der Waals surface area contributed by atoms with Gasteiger partial charge in [0.2, 0.25) is 0 Å². The summed E-state index contributed by atoms with van der Waals surface area (Å²) in [4.78, 5) is 2.76. The molecule has 0 bridgehead atoms. The summed E-state index contributed by atoms with van der Waals surface area (Å²) in [6, 6.07) is 36.1. The lowest BCUT2D eigenvalue weighted by Gasteiger charge is -2.36. The van der Waals surface area contributed by atoms with Crippen molar-refractivity contribution < 1.29 is 0 Å². The Kier molecular flexibility index (Phi) is 3.51. The Hall–Kier alpha value is -4.39. The molecular weight excluding hydrogens is 525 g/mol. The molecule has 5 aromatic carbocycles. The third-order valence-electron chi connectivity index (χ3n) is 9.10. The molecule has 0 aliphatic carbocycles. The van der Waals surface area contributed by atoms with Crippen LogP contribution in [0.25, 0.3) is 64.3 Å². The standard InChI is InChI=1S/C34H18BN3S2/c1-3-13-25-23(11-1)35-29-27(21-9-5-7-19-15-17-36(35)30(19)21)34-32-28(33(29)39-25)22-10-6-8-20-16-18-37(31(20)22)38(32)24-12-2-4-14-26(24)40-34/h1-18H. The van der Waals surface area contributed by atoms with Gasteiger partial charge in [0, 0.05) is 48.8 Å². The highest BCUT2D eigenvalue weighted by Gasteiger charge is 2.42. The summed E-state index contributed by atoms with van der Waals surface area (Å²) in [5.41, 5.74) is 10.8. The number of fused-ring (bicyclic) bond motifs is 10. The van der Waals surface area contributed by atoms with Gasteiger partial charge in [0.25, 0.3) is 0 Å². The maximum Gasteiger partial charge on any atom is 0.330 e. The highest BCUT2D eigenvalue weighted by Crippen LogP contribution is 2.51. The first kappa shape index (κ1) is 20.5. The van der Waals surface area contributed by atoms with E-state index in [1.54, 1.807) is 0 Å². The number of para-hydroxylation sites is 3. The maximum atomic E-state index is 2.54. The lowest BCUT2D eigenvalue weighted by molar-refractivity contribution is 0.826. The van der Waals surface area contributed by atoms with Crippen molar-refractivity contribution in [1.82, 2.24) is 13.7 Å². The largest absolute Gasteiger partial charge is 0.382 e. The molecule has 0 spiro atoms. The Bertz CT molecular complexity index is 2540. The maximum absolute atomic E-state index is 2.54. The van der Waals surface area contributed by atoms with E-state index in [0.717, 1.165) is 0 Å². The molecule has 0 fully saturated rings. The van der Waals surface area contributed by atoms with Crippen molar-refractivity contribution in [3.63, 3.8) is 0 Å². The number of hydrogen-bond donors (Lipinski definition) is 0. The van der Waals surface area contributed by atoms with Gasteiger partial charge in [0.1, 0.15) is 0 Å². The van der Waals surface area contributed by atoms with Gasteiger partial charge in [0.05, 0.1) is 26.1 Å². The number of aromatic nitrogens is 3. The summed E-state index contributed by atoms with van der Waals surface area (Å²) < 4.78 is 10.1. The smallest absolute Gasteiger partial charge is 0.330 e. The average molecular weight is 543 g/mol. The van der Waals surface area contributed by atoms with Gasteiger partial charge in [-0.3, -0.25) is 4.52 Å². The van der Waals surface area contributed by atoms with E-state index in [-0.39, 0.29) is 6.85 Å². The quantitative estimate of drug-likeness (QED) is 0.108. The van der Waals surface area contributed by atoms with E-state index in [2.05, 4.69) is 123 Å². The van der Waals surface area contributed by atoms with E-state index < -0.39 is 0 Å². The van der Waals surface area contributed by atoms with Gasteiger partial charge in [-0.05, 0) is 52.8 Å². The van der Waals surface area contributed by atoms with E-state index >= 15 is 0 Å². The predicted molar refractivity (Wildman–Crippen MR) is 170 cm³/mol. The van der Waals surface area contributed by atoms with E-state index in [1.165, 1.54) is 85.0 Å². The summed E-state index contributed by atoms with van der Waals surface area (Å²) in [5.74, 6) is 0. The average Bonchev–Trinajstić information content (AvgIpc) is 3.63. The lowest BCUT2D eigenvalue weighted by atomic mass is 9.47. The van der Waals surface area contributed by atoms with Crippen LogP contribution in [0.2, 0.25) is 0 Å². The molecule has 0 atom stereocenters. The van der Waals surface area contributed by atoms with Crippen LogP contribution in [0, 0.1) is 0 Å². The molecule has 0 saturated heterocycles. The second kappa shape index (κ2) is 6.84. The Morgan fingerprint density at radius 3 is 2.50 bits per heavy atom. The fourth-order valence-electron chi connectivity index (χ4n) is 7.60. The molecule has 2 aromatic heterocycles. The molecule has 0 saturated carbocycles. The molecule has 7 aromatic rings. The topological polar surface area (TPSA) is 14.3 Å². The third kappa shape index (κ3) is 2.20. The van der Waals surface area contributed by atoms with Gasteiger partial charge < -0.3 is 4.48 Å². The van der Waals surface area contributed by atoms with Gasteiger partial charge in [-0.15, -0.1) is 11.3 Å². The van der Waals surface area contributed by atoms with Gasteiger partial charge in [-0.2, -0.15) is 0 Å². The zero-order valence-corrected chi connectivity index (χ0v) is 22.8. The van der Waals surface area contributed by atoms with Crippen LogP contribution >= 0.6 is 23.1 Å². The van der Waals surface area contributed by atoms with Crippen molar-refractivity contribution in [3.8, 4) is 16.8 Å². The second-order valence-electron chi connectivity index (χ2n) is 11.0. The molecule has 0 radical (unpaired) electrons. The minimum atomic E-state index is 0.149. The molecular formula is C34H18BN3S2. The Morgan fingerprint density at radius 2 is 1.52 bits per heavy atom. The Morgan fingerprint density at radius 1 is 0.700 bits per heavy atom. The van der Waals surface area contributed by atoms with Crippen LogP contribution in [-0.2, 0) is 0 Å². The monoisotopic (exact) mass is 543 g/mol. The minimum absolute atomic E-state index is 0.149. The first-order valence-corrected chi connectivity index (χ1v) is 15.3. The number of nitrogens with zero attached hydrogens (tertiary/aromatic N) is 3. The van der Waals surface area contributed by atoms with Crippen LogP contribution in [0.3, 0.4) is 0 Å². The highest BCUT2D eigenvalue weighted by atomic mass is 32.2. The fraction of sp³-hybridized carbons (Fsp3) is 0. The Labute approximate surface area is 237 Å². The second-order valence-corrected chi connectivity index (χ2v) is 13.1. The predicted octanol–water partition coefficient (Wildman–Crippen LogP) is 7.74. The van der Waals surface area contributed by atoms with Crippen molar-refractivity contribution >= 4 is 88.4 Å². The first-order chi connectivity index (χ1) is 19.9. The molecule has 0 unspecified atom stereocenters. The van der Waals surface area contributed by atoms with E-state index in [4.69, 9.17) is 0 Å². The molecule has 4 aliphatic heterocycles. The van der Waals surface area contributed by atoms with Crippen molar-refractivity contribution in [2.24, 2.45) is 0 Å². The molecule has 6 heteroatoms. The van der Waals surface area contributed by atoms with Crippen LogP contribution in [0.5, 0.6) is 0 Å². The molecule has 11 rings (SSSR count). The van der Waals surface area contributed by atoms with Crippen molar-refractivity contribution in [2.45, 2.75) is 9.79 Å². The zero-order valence-electron chi connectivity index (χ0n) is 21.1. The molecule has 6 heterocycles. The summed E-state index contributed by atoms with van der Waals surface area (Å²) in [5, 5.41) is 5.29. The number of rotatable bonds is 0. The molecule has 4 aliphatic rings. The van der Waals surface area contributed by atoms with Crippen LogP contribution in [0.1, 0.15) is 0 Å². The van der Waals surface area contributed by atoms with Crippen molar-refractivity contribution in [2.75, 3.05) is 0 Å². The molecule has 0 amide bonds. The van der Waals surface area contributed by atoms with Crippen LogP contribution in [-0.4, -0.2) is 20.5 Å². The SMILES string of the molecule is c1ccc2c(c1)Sc1c3c(c4sc5ccccc5n5n6ccc7cccc(c1c4-5)c76)-c1cccc4ccn(c14)B23. The summed E-state index contributed by atoms with van der Waals surface area (Å²) in [6.45, 7) is 0.149. The summed E-state index contributed by atoms with van der Waals surface area (Å²) >= 11 is 3.91. The minimum Gasteiger partial charge on any atom is -0.382 e. The third-order valence-corrected chi connectivity index (χ3v) is 11.5. The number of benzene rings is 5. The zero-order chi connectivity index (χ0) is 25.7. The molecule has 184 valence electrons. The van der Waals surface area contributed by atoms with Gasteiger partial charge in [-0.1, -0.05) is 78.5 Å². The van der Waals surface area contributed by atoms with Gasteiger partial charge >= 0.3 is 6.85 Å². The summed E-state index contributed by atoms with van der Waals surface area (Å²) in [7, 11) is 0. The fourth-order valence-corrected chi connectivity index (χ4v) is 10.1. The van der Waals surface area contributed by atoms with Crippen LogP contribution < -0.4 is 10.9 Å². The Balaban J connectivity index is 1.51. The van der Waals surface area contributed by atoms with Crippen molar-refractivity contribution in [1.29, 1.82) is 0 Å². The number of hydrogen-bond acceptors (Lipinski definition) is 2.